The van der Waals surface area contributed by atoms with Gasteiger partial charge in [0, 0.05) is 6.42 Å². The van der Waals surface area contributed by atoms with E-state index in [0.29, 0.717) is 36.0 Å². The molecule has 2 unspecified atom stereocenters. The van der Waals surface area contributed by atoms with Gasteiger partial charge in [0.1, 0.15) is 0 Å². The molecule has 7 atom stereocenters. The highest BCUT2D eigenvalue weighted by atomic mass is 16.3. The molecular formula is C27H44O3. The molecule has 0 aromatic heterocycles. The Balaban J connectivity index is 1.72. The van der Waals surface area contributed by atoms with Gasteiger partial charge in [0.2, 0.25) is 0 Å². The third kappa shape index (κ3) is 4.95. The standard InChI is InChI=1S/C27H44O3/c1-17(2)25(29)13-8-18(3)23-11-12-24-20(7-6-14-27(23,24)5)9-10-21-15-22(28)16-26(30)19(21)4/h9-10,17-18,22-26,28-30H,4,6-8,11-16H2,1-3,5H3/t18-,22-,23-,24?,25?,26+,27-/m1/s1. The number of aliphatic hydroxyl groups excluding tert-OH is 3. The van der Waals surface area contributed by atoms with E-state index in [1.807, 2.05) is 0 Å². The van der Waals surface area contributed by atoms with Gasteiger partial charge in [-0.05, 0) is 91.6 Å². The van der Waals surface area contributed by atoms with Crippen LogP contribution < -0.4 is 0 Å². The van der Waals surface area contributed by atoms with Crippen LogP contribution in [0.1, 0.15) is 85.5 Å². The lowest BCUT2D eigenvalue weighted by atomic mass is 9.60. The van der Waals surface area contributed by atoms with Gasteiger partial charge in [0.05, 0.1) is 18.3 Å². The van der Waals surface area contributed by atoms with Crippen LogP contribution in [-0.4, -0.2) is 33.6 Å². The molecule has 0 radical (unpaired) electrons. The summed E-state index contributed by atoms with van der Waals surface area (Å²) in [4.78, 5) is 0. The molecule has 0 aliphatic heterocycles. The van der Waals surface area contributed by atoms with Crippen molar-refractivity contribution in [3.63, 3.8) is 0 Å². The first-order chi connectivity index (χ1) is 14.1. The Morgan fingerprint density at radius 3 is 2.57 bits per heavy atom. The highest BCUT2D eigenvalue weighted by molar-refractivity contribution is 5.38. The predicted molar refractivity (Wildman–Crippen MR) is 124 cm³/mol. The monoisotopic (exact) mass is 416 g/mol. The molecule has 0 bridgehead atoms. The van der Waals surface area contributed by atoms with Gasteiger partial charge in [-0.1, -0.05) is 52.0 Å². The number of allylic oxidation sites excluding steroid dienone is 3. The largest absolute Gasteiger partial charge is 0.393 e. The molecule has 3 saturated carbocycles. The van der Waals surface area contributed by atoms with Crippen LogP contribution in [0.3, 0.4) is 0 Å². The van der Waals surface area contributed by atoms with Crippen LogP contribution in [0.25, 0.3) is 0 Å². The quantitative estimate of drug-likeness (QED) is 0.531. The zero-order valence-electron chi connectivity index (χ0n) is 19.6. The van der Waals surface area contributed by atoms with E-state index < -0.39 is 12.2 Å². The van der Waals surface area contributed by atoms with Crippen LogP contribution in [0.2, 0.25) is 0 Å². The Kier molecular flexibility index (Phi) is 7.69. The van der Waals surface area contributed by atoms with Crippen molar-refractivity contribution in [1.29, 1.82) is 0 Å². The van der Waals surface area contributed by atoms with Crippen molar-refractivity contribution in [3.8, 4) is 0 Å². The van der Waals surface area contributed by atoms with Crippen molar-refractivity contribution < 1.29 is 15.3 Å². The van der Waals surface area contributed by atoms with Gasteiger partial charge in [-0.2, -0.15) is 0 Å². The summed E-state index contributed by atoms with van der Waals surface area (Å²) in [6, 6.07) is 0. The number of aliphatic hydroxyl groups is 3. The molecule has 3 nitrogen and oxygen atoms in total. The predicted octanol–water partition coefficient (Wildman–Crippen LogP) is 5.56. The van der Waals surface area contributed by atoms with E-state index in [0.717, 1.165) is 36.3 Å². The smallest absolute Gasteiger partial charge is 0.0811 e. The number of hydrogen-bond acceptors (Lipinski definition) is 3. The Labute approximate surface area is 184 Å². The minimum absolute atomic E-state index is 0.180. The zero-order valence-corrected chi connectivity index (χ0v) is 19.6. The van der Waals surface area contributed by atoms with Crippen LogP contribution in [0.15, 0.2) is 35.5 Å². The zero-order chi connectivity index (χ0) is 22.1. The maximum absolute atomic E-state index is 10.3. The summed E-state index contributed by atoms with van der Waals surface area (Å²) in [6.07, 6.45) is 12.4. The molecule has 170 valence electrons. The topological polar surface area (TPSA) is 60.7 Å². The fraction of sp³-hybridized carbons (Fsp3) is 0.778. The lowest BCUT2D eigenvalue weighted by molar-refractivity contribution is 0.0717. The van der Waals surface area contributed by atoms with Crippen molar-refractivity contribution in [2.45, 2.75) is 104 Å². The molecule has 30 heavy (non-hydrogen) atoms. The fourth-order valence-corrected chi connectivity index (χ4v) is 6.65. The Hall–Kier alpha value is -0.900. The SMILES string of the molecule is C=C1C(=CC=C2CCC[C@@]3(C)C2CC[C@@H]3[C@H](C)CCC(O)C(C)C)C[C@@H](O)C[C@@H]1O. The Morgan fingerprint density at radius 1 is 1.13 bits per heavy atom. The molecule has 3 rings (SSSR count). The third-order valence-corrected chi connectivity index (χ3v) is 8.68. The average molecular weight is 417 g/mol. The van der Waals surface area contributed by atoms with E-state index in [-0.39, 0.29) is 6.10 Å². The van der Waals surface area contributed by atoms with Crippen LogP contribution >= 0.6 is 0 Å². The molecule has 0 aromatic rings. The second-order valence-electron chi connectivity index (χ2n) is 11.0. The molecule has 3 aliphatic carbocycles. The van der Waals surface area contributed by atoms with Crippen molar-refractivity contribution >= 4 is 0 Å². The van der Waals surface area contributed by atoms with Gasteiger partial charge in [0.25, 0.3) is 0 Å². The second-order valence-corrected chi connectivity index (χ2v) is 11.0. The first kappa shape index (κ1) is 23.8. The fourth-order valence-electron chi connectivity index (χ4n) is 6.65. The van der Waals surface area contributed by atoms with E-state index in [4.69, 9.17) is 0 Å². The molecule has 0 spiro atoms. The van der Waals surface area contributed by atoms with Gasteiger partial charge < -0.3 is 15.3 Å². The summed E-state index contributed by atoms with van der Waals surface area (Å²) in [5.41, 5.74) is 3.69. The maximum Gasteiger partial charge on any atom is 0.0811 e. The van der Waals surface area contributed by atoms with Crippen molar-refractivity contribution in [3.05, 3.63) is 35.5 Å². The summed E-state index contributed by atoms with van der Waals surface area (Å²) in [5, 5.41) is 30.4. The van der Waals surface area contributed by atoms with Gasteiger partial charge in [-0.25, -0.2) is 0 Å². The van der Waals surface area contributed by atoms with Crippen LogP contribution in [0, 0.1) is 29.1 Å². The number of fused-ring (bicyclic) bond motifs is 1. The summed E-state index contributed by atoms with van der Waals surface area (Å²) in [5.74, 6) is 2.35. The lowest BCUT2D eigenvalue weighted by Gasteiger charge is -2.44. The highest BCUT2D eigenvalue weighted by Gasteiger charge is 2.50. The Bertz CT molecular complexity index is 676. The number of rotatable bonds is 6. The lowest BCUT2D eigenvalue weighted by Crippen LogP contribution is -2.36. The second kappa shape index (κ2) is 9.71. The minimum atomic E-state index is -0.618. The van der Waals surface area contributed by atoms with Gasteiger partial charge in [-0.3, -0.25) is 0 Å². The van der Waals surface area contributed by atoms with Gasteiger partial charge >= 0.3 is 0 Å². The molecule has 3 aliphatic rings. The molecule has 0 saturated heterocycles. The summed E-state index contributed by atoms with van der Waals surface area (Å²) >= 11 is 0. The molecule has 3 fully saturated rings. The van der Waals surface area contributed by atoms with E-state index in [9.17, 15) is 15.3 Å². The van der Waals surface area contributed by atoms with Crippen LogP contribution in [0.4, 0.5) is 0 Å². The summed E-state index contributed by atoms with van der Waals surface area (Å²) < 4.78 is 0. The van der Waals surface area contributed by atoms with Crippen molar-refractivity contribution in [1.82, 2.24) is 0 Å². The van der Waals surface area contributed by atoms with E-state index >= 15 is 0 Å². The number of hydrogen-bond donors (Lipinski definition) is 3. The normalized spacial score (nSPS) is 39.5. The van der Waals surface area contributed by atoms with Crippen molar-refractivity contribution in [2.75, 3.05) is 0 Å². The van der Waals surface area contributed by atoms with Crippen LogP contribution in [0.5, 0.6) is 0 Å². The van der Waals surface area contributed by atoms with Crippen molar-refractivity contribution in [2.24, 2.45) is 29.1 Å². The van der Waals surface area contributed by atoms with E-state index in [1.165, 1.54) is 25.7 Å². The van der Waals surface area contributed by atoms with E-state index in [2.05, 4.69) is 46.4 Å². The van der Waals surface area contributed by atoms with Gasteiger partial charge in [-0.15, -0.1) is 0 Å². The summed E-state index contributed by atoms with van der Waals surface area (Å²) in [6.45, 7) is 13.2. The summed E-state index contributed by atoms with van der Waals surface area (Å²) in [7, 11) is 0. The molecule has 3 heteroatoms. The molecule has 0 aromatic carbocycles. The van der Waals surface area contributed by atoms with Gasteiger partial charge in [0.15, 0.2) is 0 Å². The Morgan fingerprint density at radius 2 is 1.87 bits per heavy atom. The van der Waals surface area contributed by atoms with E-state index in [1.54, 1.807) is 5.57 Å². The molecule has 0 amide bonds. The third-order valence-electron chi connectivity index (χ3n) is 8.68. The first-order valence-corrected chi connectivity index (χ1v) is 12.3. The maximum atomic E-state index is 10.3. The highest BCUT2D eigenvalue weighted by Crippen LogP contribution is 2.60. The molecule has 0 heterocycles. The molecule has 3 N–H and O–H groups in total. The minimum Gasteiger partial charge on any atom is -0.393 e. The first-order valence-electron chi connectivity index (χ1n) is 12.3. The van der Waals surface area contributed by atoms with Crippen LogP contribution in [-0.2, 0) is 0 Å². The average Bonchev–Trinajstić information content (AvgIpc) is 3.04. The molecular weight excluding hydrogens is 372 g/mol.